The molecule has 1 aromatic heterocycles. The van der Waals surface area contributed by atoms with Crippen LogP contribution in [0.15, 0.2) is 12.4 Å². The van der Waals surface area contributed by atoms with Crippen LogP contribution in [0.5, 0.6) is 0 Å². The van der Waals surface area contributed by atoms with Crippen molar-refractivity contribution in [1.82, 2.24) is 19.8 Å². The summed E-state index contributed by atoms with van der Waals surface area (Å²) in [5.74, 6) is 1.19. The van der Waals surface area contributed by atoms with E-state index in [0.29, 0.717) is 6.04 Å². The number of likely N-dealkylation sites (N-methyl/N-ethyl adjacent to an activating group) is 1. The molecule has 0 aromatic carbocycles. The van der Waals surface area contributed by atoms with Gasteiger partial charge in [0.15, 0.2) is 0 Å². The van der Waals surface area contributed by atoms with E-state index in [2.05, 4.69) is 39.8 Å². The highest BCUT2D eigenvalue weighted by atomic mass is 15.2. The van der Waals surface area contributed by atoms with Crippen LogP contribution >= 0.6 is 0 Å². The second-order valence-corrected chi connectivity index (χ2v) is 4.00. The summed E-state index contributed by atoms with van der Waals surface area (Å²) in [6.07, 6.45) is 3.95. The van der Waals surface area contributed by atoms with E-state index in [-0.39, 0.29) is 0 Å². The maximum atomic E-state index is 4.42. The smallest absolute Gasteiger partial charge is 0.122 e. The first-order chi connectivity index (χ1) is 7.35. The Bertz CT molecular complexity index is 303. The first-order valence-corrected chi connectivity index (χ1v) is 5.80. The summed E-state index contributed by atoms with van der Waals surface area (Å²) in [5.41, 5.74) is 0. The van der Waals surface area contributed by atoms with Crippen molar-refractivity contribution >= 4 is 0 Å². The van der Waals surface area contributed by atoms with Crippen LogP contribution in [0.1, 0.15) is 19.7 Å². The Labute approximate surface area is 91.3 Å². The molecule has 2 rings (SSSR count). The molecule has 84 valence electrons. The van der Waals surface area contributed by atoms with Gasteiger partial charge in [-0.2, -0.15) is 0 Å². The fraction of sp³-hybridized carbons (Fsp3) is 0.727. The Balaban J connectivity index is 1.99. The number of rotatable bonds is 5. The molecular formula is C11H20N4. The number of hydrogen-bond donors (Lipinski definition) is 1. The van der Waals surface area contributed by atoms with Gasteiger partial charge in [-0.3, -0.25) is 4.90 Å². The van der Waals surface area contributed by atoms with E-state index >= 15 is 0 Å². The molecule has 2 heterocycles. The molecule has 0 amide bonds. The average Bonchev–Trinajstić information content (AvgIpc) is 2.61. The van der Waals surface area contributed by atoms with Crippen LogP contribution in [-0.2, 0) is 13.1 Å². The number of aromatic nitrogens is 2. The Kier molecular flexibility index (Phi) is 3.38. The van der Waals surface area contributed by atoms with Gasteiger partial charge in [-0.05, 0) is 13.5 Å². The monoisotopic (exact) mass is 208 g/mol. The van der Waals surface area contributed by atoms with E-state index in [9.17, 15) is 0 Å². The fourth-order valence-corrected chi connectivity index (χ4v) is 1.99. The molecule has 4 nitrogen and oxygen atoms in total. The molecule has 1 N–H and O–H groups in total. The lowest BCUT2D eigenvalue weighted by molar-refractivity contribution is 0.140. The van der Waals surface area contributed by atoms with E-state index in [0.717, 1.165) is 32.7 Å². The molecule has 0 aliphatic carbocycles. The van der Waals surface area contributed by atoms with Crippen LogP contribution in [0.3, 0.4) is 0 Å². The molecule has 0 spiro atoms. The number of nitrogens with one attached hydrogen (secondary N) is 1. The van der Waals surface area contributed by atoms with Crippen molar-refractivity contribution in [3.05, 3.63) is 18.2 Å². The Morgan fingerprint density at radius 2 is 2.33 bits per heavy atom. The van der Waals surface area contributed by atoms with Crippen molar-refractivity contribution in [2.75, 3.05) is 19.6 Å². The lowest BCUT2D eigenvalue weighted by Crippen LogP contribution is -2.56. The minimum atomic E-state index is 0.706. The molecular weight excluding hydrogens is 188 g/mol. The third-order valence-corrected chi connectivity index (χ3v) is 3.17. The predicted molar refractivity (Wildman–Crippen MR) is 60.6 cm³/mol. The van der Waals surface area contributed by atoms with E-state index in [1.807, 2.05) is 6.20 Å². The molecule has 0 bridgehead atoms. The first kappa shape index (κ1) is 10.6. The van der Waals surface area contributed by atoms with Crippen molar-refractivity contribution in [3.8, 4) is 0 Å². The first-order valence-electron chi connectivity index (χ1n) is 5.80. The number of aryl methyl sites for hydroxylation is 1. The Morgan fingerprint density at radius 3 is 2.87 bits per heavy atom. The summed E-state index contributed by atoms with van der Waals surface area (Å²) in [7, 11) is 0. The molecule has 1 aliphatic rings. The van der Waals surface area contributed by atoms with Crippen molar-refractivity contribution in [3.63, 3.8) is 0 Å². The summed E-state index contributed by atoms with van der Waals surface area (Å²) in [4.78, 5) is 6.91. The molecule has 1 aliphatic heterocycles. The second-order valence-electron chi connectivity index (χ2n) is 4.00. The minimum absolute atomic E-state index is 0.706. The molecule has 4 heteroatoms. The highest BCUT2D eigenvalue weighted by molar-refractivity contribution is 4.94. The maximum Gasteiger partial charge on any atom is 0.122 e. The lowest BCUT2D eigenvalue weighted by Gasteiger charge is -2.37. The number of nitrogens with zero attached hydrogens (tertiary/aromatic N) is 3. The third kappa shape index (κ3) is 2.21. The van der Waals surface area contributed by atoms with Gasteiger partial charge in [-0.15, -0.1) is 0 Å². The molecule has 1 saturated heterocycles. The van der Waals surface area contributed by atoms with Crippen LogP contribution in [0.2, 0.25) is 0 Å². The van der Waals surface area contributed by atoms with E-state index in [1.165, 1.54) is 5.82 Å². The number of imidazole rings is 1. The number of hydrogen-bond acceptors (Lipinski definition) is 3. The van der Waals surface area contributed by atoms with Gasteiger partial charge < -0.3 is 9.88 Å². The van der Waals surface area contributed by atoms with E-state index in [1.54, 1.807) is 0 Å². The summed E-state index contributed by atoms with van der Waals surface area (Å²) in [6.45, 7) is 9.72. The summed E-state index contributed by atoms with van der Waals surface area (Å²) >= 11 is 0. The van der Waals surface area contributed by atoms with Gasteiger partial charge >= 0.3 is 0 Å². The molecule has 0 unspecified atom stereocenters. The summed E-state index contributed by atoms with van der Waals surface area (Å²) in [6, 6.07) is 0.706. The molecule has 1 aromatic rings. The zero-order valence-corrected chi connectivity index (χ0v) is 9.61. The largest absolute Gasteiger partial charge is 0.334 e. The fourth-order valence-electron chi connectivity index (χ4n) is 1.99. The predicted octanol–water partition coefficient (Wildman–Crippen LogP) is 0.697. The second kappa shape index (κ2) is 4.77. The normalized spacial score (nSPS) is 17.0. The highest BCUT2D eigenvalue weighted by Gasteiger charge is 2.24. The van der Waals surface area contributed by atoms with Crippen LogP contribution in [-0.4, -0.2) is 40.1 Å². The van der Waals surface area contributed by atoms with Crippen LogP contribution in [0.4, 0.5) is 0 Å². The van der Waals surface area contributed by atoms with Gasteiger partial charge in [0.1, 0.15) is 5.82 Å². The average molecular weight is 208 g/mol. The van der Waals surface area contributed by atoms with Gasteiger partial charge in [0.25, 0.3) is 0 Å². The summed E-state index contributed by atoms with van der Waals surface area (Å²) < 4.78 is 2.22. The van der Waals surface area contributed by atoms with Gasteiger partial charge in [0.2, 0.25) is 0 Å². The molecule has 1 fully saturated rings. The Hall–Kier alpha value is -0.870. The van der Waals surface area contributed by atoms with E-state index in [4.69, 9.17) is 0 Å². The van der Waals surface area contributed by atoms with Crippen molar-refractivity contribution in [1.29, 1.82) is 0 Å². The highest BCUT2D eigenvalue weighted by Crippen LogP contribution is 2.09. The standard InChI is InChI=1S/C11H20N4/c1-3-14-6-5-13-11(14)9-15(4-2)10-7-12-8-10/h5-6,10,12H,3-4,7-9H2,1-2H3. The van der Waals surface area contributed by atoms with Crippen LogP contribution in [0.25, 0.3) is 0 Å². The molecule has 0 radical (unpaired) electrons. The topological polar surface area (TPSA) is 33.1 Å². The van der Waals surface area contributed by atoms with Crippen molar-refractivity contribution in [2.24, 2.45) is 0 Å². The van der Waals surface area contributed by atoms with E-state index < -0.39 is 0 Å². The summed E-state index contributed by atoms with van der Waals surface area (Å²) in [5, 5.41) is 3.32. The van der Waals surface area contributed by atoms with Crippen LogP contribution < -0.4 is 5.32 Å². The zero-order chi connectivity index (χ0) is 10.7. The Morgan fingerprint density at radius 1 is 1.53 bits per heavy atom. The van der Waals surface area contributed by atoms with Gasteiger partial charge in [0, 0.05) is 38.1 Å². The minimum Gasteiger partial charge on any atom is -0.334 e. The lowest BCUT2D eigenvalue weighted by atomic mass is 10.1. The third-order valence-electron chi connectivity index (χ3n) is 3.17. The SMILES string of the molecule is CCN(Cc1nccn1CC)C1CNC1. The van der Waals surface area contributed by atoms with Crippen molar-refractivity contribution < 1.29 is 0 Å². The molecule has 0 saturated carbocycles. The zero-order valence-electron chi connectivity index (χ0n) is 9.61. The van der Waals surface area contributed by atoms with Gasteiger partial charge in [0.05, 0.1) is 6.54 Å². The maximum absolute atomic E-state index is 4.42. The quantitative estimate of drug-likeness (QED) is 0.773. The molecule has 0 atom stereocenters. The van der Waals surface area contributed by atoms with Gasteiger partial charge in [-0.25, -0.2) is 4.98 Å². The van der Waals surface area contributed by atoms with Crippen molar-refractivity contribution in [2.45, 2.75) is 33.0 Å². The molecule has 15 heavy (non-hydrogen) atoms. The van der Waals surface area contributed by atoms with Crippen LogP contribution in [0, 0.1) is 0 Å². The van der Waals surface area contributed by atoms with Gasteiger partial charge in [-0.1, -0.05) is 6.92 Å².